The average Bonchev–Trinajstić information content (AvgIpc) is 2.57. The fourth-order valence-electron chi connectivity index (χ4n) is 3.05. The van der Waals surface area contributed by atoms with Gasteiger partial charge in [0.2, 0.25) is 0 Å². The van der Waals surface area contributed by atoms with Crippen molar-refractivity contribution in [3.8, 4) is 11.1 Å². The van der Waals surface area contributed by atoms with Crippen LogP contribution < -0.4 is 10.9 Å². The van der Waals surface area contributed by atoms with Crippen molar-refractivity contribution in [2.45, 2.75) is 20.3 Å². The number of rotatable bonds is 4. The third kappa shape index (κ3) is 2.74. The third-order valence-corrected chi connectivity index (χ3v) is 4.20. The molecule has 0 amide bonds. The Morgan fingerprint density at radius 3 is 2.52 bits per heavy atom. The van der Waals surface area contributed by atoms with Crippen molar-refractivity contribution in [1.82, 2.24) is 4.57 Å². The highest BCUT2D eigenvalue weighted by Crippen LogP contribution is 2.35. The fourth-order valence-corrected chi connectivity index (χ4v) is 3.05. The van der Waals surface area contributed by atoms with Crippen LogP contribution in [0.5, 0.6) is 0 Å². The number of aromatic nitrogens is 1. The molecular weight excluding hydrogens is 284 g/mol. The highest BCUT2D eigenvalue weighted by molar-refractivity contribution is 5.99. The Labute approximate surface area is 136 Å². The standard InChI is InChI=1S/C20H22N2O/c1-4-12-21-18-11-7-8-14(2)19(18)17-13-22(3)20(23)16-10-6-5-9-15(16)17/h5-11,13,21H,4,12H2,1-3H3. The Hall–Kier alpha value is -2.55. The molecule has 0 fully saturated rings. The number of benzene rings is 2. The second kappa shape index (κ2) is 6.29. The molecule has 0 saturated carbocycles. The van der Waals surface area contributed by atoms with Crippen molar-refractivity contribution < 1.29 is 0 Å². The first-order valence-corrected chi connectivity index (χ1v) is 8.05. The molecule has 0 unspecified atom stereocenters. The van der Waals surface area contributed by atoms with E-state index in [0.717, 1.165) is 35.0 Å². The number of fused-ring (bicyclic) bond motifs is 1. The monoisotopic (exact) mass is 306 g/mol. The molecule has 0 spiro atoms. The summed E-state index contributed by atoms with van der Waals surface area (Å²) in [7, 11) is 1.82. The second-order valence-electron chi connectivity index (χ2n) is 5.93. The van der Waals surface area contributed by atoms with E-state index in [1.165, 1.54) is 11.1 Å². The summed E-state index contributed by atoms with van der Waals surface area (Å²) in [6.07, 6.45) is 3.02. The van der Waals surface area contributed by atoms with Gasteiger partial charge < -0.3 is 9.88 Å². The number of aryl methyl sites for hydroxylation is 2. The minimum Gasteiger partial charge on any atom is -0.385 e. The molecule has 0 aliphatic rings. The summed E-state index contributed by atoms with van der Waals surface area (Å²) < 4.78 is 1.67. The van der Waals surface area contributed by atoms with E-state index in [-0.39, 0.29) is 5.56 Å². The first kappa shape index (κ1) is 15.3. The quantitative estimate of drug-likeness (QED) is 0.778. The number of hydrogen-bond acceptors (Lipinski definition) is 2. The summed E-state index contributed by atoms with van der Waals surface area (Å²) >= 11 is 0. The van der Waals surface area contributed by atoms with Crippen molar-refractivity contribution in [3.63, 3.8) is 0 Å². The van der Waals surface area contributed by atoms with Crippen LogP contribution >= 0.6 is 0 Å². The molecule has 0 saturated heterocycles. The van der Waals surface area contributed by atoms with Crippen molar-refractivity contribution in [2.24, 2.45) is 7.05 Å². The largest absolute Gasteiger partial charge is 0.385 e. The lowest BCUT2D eigenvalue weighted by Gasteiger charge is -2.17. The first-order chi connectivity index (χ1) is 11.1. The maximum atomic E-state index is 12.4. The van der Waals surface area contributed by atoms with Crippen molar-refractivity contribution in [2.75, 3.05) is 11.9 Å². The molecule has 0 aliphatic heterocycles. The summed E-state index contributed by atoms with van der Waals surface area (Å²) in [5.41, 5.74) is 4.64. The maximum Gasteiger partial charge on any atom is 0.258 e. The van der Waals surface area contributed by atoms with E-state index < -0.39 is 0 Å². The van der Waals surface area contributed by atoms with Crippen molar-refractivity contribution in [1.29, 1.82) is 0 Å². The van der Waals surface area contributed by atoms with Gasteiger partial charge in [-0.25, -0.2) is 0 Å². The molecule has 3 nitrogen and oxygen atoms in total. The van der Waals surface area contributed by atoms with E-state index in [4.69, 9.17) is 0 Å². The molecule has 3 heteroatoms. The van der Waals surface area contributed by atoms with Crippen LogP contribution in [-0.2, 0) is 7.05 Å². The van der Waals surface area contributed by atoms with Gasteiger partial charge in [-0.05, 0) is 36.4 Å². The zero-order chi connectivity index (χ0) is 16.4. The van der Waals surface area contributed by atoms with Crippen LogP contribution in [0, 0.1) is 6.92 Å². The molecular formula is C20H22N2O. The summed E-state index contributed by atoms with van der Waals surface area (Å²) in [5.74, 6) is 0. The van der Waals surface area contributed by atoms with Gasteiger partial charge >= 0.3 is 0 Å². The number of nitrogens with one attached hydrogen (secondary N) is 1. The number of hydrogen-bond donors (Lipinski definition) is 1. The molecule has 0 aliphatic carbocycles. The molecule has 3 rings (SSSR count). The van der Waals surface area contributed by atoms with E-state index in [0.29, 0.717) is 0 Å². The van der Waals surface area contributed by atoms with Gasteiger partial charge in [0, 0.05) is 42.0 Å². The van der Waals surface area contributed by atoms with E-state index in [9.17, 15) is 4.79 Å². The van der Waals surface area contributed by atoms with Crippen LogP contribution in [0.1, 0.15) is 18.9 Å². The van der Waals surface area contributed by atoms with Crippen LogP contribution in [0.3, 0.4) is 0 Å². The highest BCUT2D eigenvalue weighted by atomic mass is 16.1. The minimum absolute atomic E-state index is 0.0426. The van der Waals surface area contributed by atoms with Crippen LogP contribution in [0.25, 0.3) is 21.9 Å². The predicted octanol–water partition coefficient (Wildman–Crippen LogP) is 4.34. The molecule has 1 heterocycles. The molecule has 118 valence electrons. The molecule has 23 heavy (non-hydrogen) atoms. The Kier molecular flexibility index (Phi) is 4.20. The lowest BCUT2D eigenvalue weighted by molar-refractivity contribution is 0.874. The zero-order valence-corrected chi connectivity index (χ0v) is 13.9. The topological polar surface area (TPSA) is 34.0 Å². The van der Waals surface area contributed by atoms with E-state index in [1.54, 1.807) is 4.57 Å². The van der Waals surface area contributed by atoms with Crippen LogP contribution in [0.2, 0.25) is 0 Å². The minimum atomic E-state index is 0.0426. The smallest absolute Gasteiger partial charge is 0.258 e. The number of anilines is 1. The third-order valence-electron chi connectivity index (χ3n) is 4.20. The summed E-state index contributed by atoms with van der Waals surface area (Å²) in [6, 6.07) is 14.1. The fraction of sp³-hybridized carbons (Fsp3) is 0.250. The maximum absolute atomic E-state index is 12.4. The van der Waals surface area contributed by atoms with Gasteiger partial charge in [-0.3, -0.25) is 4.79 Å². The van der Waals surface area contributed by atoms with Gasteiger partial charge in [-0.1, -0.05) is 37.3 Å². The molecule has 0 bridgehead atoms. The van der Waals surface area contributed by atoms with Crippen LogP contribution in [0.4, 0.5) is 5.69 Å². The Morgan fingerprint density at radius 2 is 1.78 bits per heavy atom. The summed E-state index contributed by atoms with van der Waals surface area (Å²) in [4.78, 5) is 12.4. The first-order valence-electron chi connectivity index (χ1n) is 8.05. The summed E-state index contributed by atoms with van der Waals surface area (Å²) in [6.45, 7) is 5.20. The van der Waals surface area contributed by atoms with Gasteiger partial charge in [0.1, 0.15) is 0 Å². The Balaban J connectivity index is 2.34. The zero-order valence-electron chi connectivity index (χ0n) is 13.9. The van der Waals surface area contributed by atoms with Crippen LogP contribution in [-0.4, -0.2) is 11.1 Å². The summed E-state index contributed by atoms with van der Waals surface area (Å²) in [5, 5.41) is 5.28. The van der Waals surface area contributed by atoms with Crippen LogP contribution in [0.15, 0.2) is 53.5 Å². The van der Waals surface area contributed by atoms with Gasteiger partial charge in [0.15, 0.2) is 0 Å². The van der Waals surface area contributed by atoms with Gasteiger partial charge in [-0.2, -0.15) is 0 Å². The Morgan fingerprint density at radius 1 is 1.04 bits per heavy atom. The van der Waals surface area contributed by atoms with E-state index in [1.807, 2.05) is 37.5 Å². The number of pyridine rings is 1. The van der Waals surface area contributed by atoms with Gasteiger partial charge in [0.05, 0.1) is 0 Å². The lowest BCUT2D eigenvalue weighted by Crippen LogP contribution is -2.16. The van der Waals surface area contributed by atoms with Gasteiger partial charge in [0.25, 0.3) is 5.56 Å². The SMILES string of the molecule is CCCNc1cccc(C)c1-c1cn(C)c(=O)c2ccccc12. The Bertz CT molecular complexity index is 909. The highest BCUT2D eigenvalue weighted by Gasteiger charge is 2.13. The molecule has 1 N–H and O–H groups in total. The normalized spacial score (nSPS) is 10.9. The molecule has 1 aromatic heterocycles. The van der Waals surface area contributed by atoms with E-state index in [2.05, 4.69) is 37.4 Å². The second-order valence-corrected chi connectivity index (χ2v) is 5.93. The lowest BCUT2D eigenvalue weighted by atomic mass is 9.95. The number of nitrogens with zero attached hydrogens (tertiary/aromatic N) is 1. The molecule has 0 atom stereocenters. The van der Waals surface area contributed by atoms with Crippen molar-refractivity contribution in [3.05, 3.63) is 64.6 Å². The van der Waals surface area contributed by atoms with Crippen molar-refractivity contribution >= 4 is 16.5 Å². The molecule has 0 radical (unpaired) electrons. The molecule has 2 aromatic carbocycles. The van der Waals surface area contributed by atoms with E-state index >= 15 is 0 Å². The predicted molar refractivity (Wildman–Crippen MR) is 98.1 cm³/mol. The molecule has 3 aromatic rings. The average molecular weight is 306 g/mol. The van der Waals surface area contributed by atoms with Gasteiger partial charge in [-0.15, -0.1) is 0 Å².